The van der Waals surface area contributed by atoms with E-state index in [1.807, 2.05) is 18.7 Å². The quantitative estimate of drug-likeness (QED) is 0.535. The number of morpholine rings is 1. The molecule has 0 saturated carbocycles. The number of rotatable bonds is 4. The van der Waals surface area contributed by atoms with Gasteiger partial charge in [0.15, 0.2) is 0 Å². The summed E-state index contributed by atoms with van der Waals surface area (Å²) in [5.41, 5.74) is -0.109. The Kier molecular flexibility index (Phi) is 5.33. The van der Waals surface area contributed by atoms with Gasteiger partial charge in [0.2, 0.25) is 0 Å². The SMILES string of the molecule is CC1CN(/C=C(/C#N)C(=O)NCC(=O)O)CC(C)O1. The van der Waals surface area contributed by atoms with Crippen LogP contribution in [0.5, 0.6) is 0 Å². The third-order valence-corrected chi connectivity index (χ3v) is 2.52. The van der Waals surface area contributed by atoms with E-state index in [-0.39, 0.29) is 17.8 Å². The van der Waals surface area contributed by atoms with E-state index < -0.39 is 18.4 Å². The predicted molar refractivity (Wildman–Crippen MR) is 65.9 cm³/mol. The molecule has 1 saturated heterocycles. The molecule has 1 fully saturated rings. The Morgan fingerprint density at radius 3 is 2.53 bits per heavy atom. The van der Waals surface area contributed by atoms with Crippen LogP contribution in [0.15, 0.2) is 11.8 Å². The topological polar surface area (TPSA) is 103 Å². The molecule has 0 radical (unpaired) electrons. The van der Waals surface area contributed by atoms with Crippen LogP contribution in [0.25, 0.3) is 0 Å². The molecule has 19 heavy (non-hydrogen) atoms. The average Bonchev–Trinajstić information content (AvgIpc) is 2.31. The van der Waals surface area contributed by atoms with Gasteiger partial charge in [0.1, 0.15) is 18.2 Å². The molecule has 2 atom stereocenters. The second-order valence-corrected chi connectivity index (χ2v) is 4.44. The van der Waals surface area contributed by atoms with Crippen LogP contribution in [0.4, 0.5) is 0 Å². The summed E-state index contributed by atoms with van der Waals surface area (Å²) in [5.74, 6) is -1.84. The van der Waals surface area contributed by atoms with E-state index in [1.54, 1.807) is 6.07 Å². The first-order valence-corrected chi connectivity index (χ1v) is 5.93. The monoisotopic (exact) mass is 267 g/mol. The molecule has 0 spiro atoms. The molecule has 2 unspecified atom stereocenters. The number of carbonyl (C=O) groups excluding carboxylic acids is 1. The zero-order valence-electron chi connectivity index (χ0n) is 10.9. The van der Waals surface area contributed by atoms with Crippen molar-refractivity contribution in [3.05, 3.63) is 11.8 Å². The second kappa shape index (κ2) is 6.75. The van der Waals surface area contributed by atoms with E-state index in [2.05, 4.69) is 5.32 Å². The summed E-state index contributed by atoms with van der Waals surface area (Å²) in [4.78, 5) is 23.8. The van der Waals surface area contributed by atoms with Crippen LogP contribution in [-0.2, 0) is 14.3 Å². The third-order valence-electron chi connectivity index (χ3n) is 2.52. The standard InChI is InChI=1S/C12H17N3O4/c1-8-5-15(6-9(2)19-8)7-10(3-13)12(18)14-4-11(16)17/h7-9H,4-6H2,1-2H3,(H,14,18)(H,16,17)/b10-7-. The van der Waals surface area contributed by atoms with Crippen LogP contribution in [-0.4, -0.2) is 53.7 Å². The van der Waals surface area contributed by atoms with E-state index in [0.29, 0.717) is 13.1 Å². The molecule has 104 valence electrons. The van der Waals surface area contributed by atoms with Crippen molar-refractivity contribution in [2.24, 2.45) is 0 Å². The summed E-state index contributed by atoms with van der Waals surface area (Å²) in [6, 6.07) is 1.78. The van der Waals surface area contributed by atoms with Crippen LogP contribution >= 0.6 is 0 Å². The van der Waals surface area contributed by atoms with Gasteiger partial charge < -0.3 is 20.1 Å². The number of aliphatic carboxylic acids is 1. The lowest BCUT2D eigenvalue weighted by atomic mass is 10.2. The molecule has 1 amide bonds. The molecule has 1 aliphatic rings. The van der Waals surface area contributed by atoms with Gasteiger partial charge in [-0.1, -0.05) is 0 Å². The fourth-order valence-corrected chi connectivity index (χ4v) is 1.90. The van der Waals surface area contributed by atoms with Crippen molar-refractivity contribution in [1.82, 2.24) is 10.2 Å². The number of amides is 1. The second-order valence-electron chi connectivity index (χ2n) is 4.44. The van der Waals surface area contributed by atoms with Gasteiger partial charge in [0, 0.05) is 19.3 Å². The highest BCUT2D eigenvalue weighted by atomic mass is 16.5. The van der Waals surface area contributed by atoms with E-state index in [9.17, 15) is 9.59 Å². The van der Waals surface area contributed by atoms with Crippen molar-refractivity contribution >= 4 is 11.9 Å². The molecule has 0 aliphatic carbocycles. The van der Waals surface area contributed by atoms with E-state index in [1.165, 1.54) is 6.20 Å². The Bertz CT molecular complexity index is 417. The summed E-state index contributed by atoms with van der Waals surface area (Å²) in [6.07, 6.45) is 1.48. The molecule has 1 heterocycles. The van der Waals surface area contributed by atoms with Gasteiger partial charge in [0.05, 0.1) is 12.2 Å². The molecule has 0 aromatic rings. The number of carbonyl (C=O) groups is 2. The molecule has 1 aliphatic heterocycles. The summed E-state index contributed by atoms with van der Waals surface area (Å²) in [5, 5.41) is 19.6. The molecule has 1 rings (SSSR count). The normalized spacial score (nSPS) is 23.6. The maximum Gasteiger partial charge on any atom is 0.322 e. The van der Waals surface area contributed by atoms with Gasteiger partial charge >= 0.3 is 5.97 Å². The number of hydrogen-bond donors (Lipinski definition) is 2. The first kappa shape index (κ1) is 15.0. The van der Waals surface area contributed by atoms with Crippen LogP contribution < -0.4 is 5.32 Å². The Morgan fingerprint density at radius 1 is 1.47 bits per heavy atom. The Labute approximate surface area is 111 Å². The van der Waals surface area contributed by atoms with Crippen molar-refractivity contribution in [3.8, 4) is 6.07 Å². The van der Waals surface area contributed by atoms with Gasteiger partial charge in [-0.2, -0.15) is 5.26 Å². The van der Waals surface area contributed by atoms with Gasteiger partial charge in [-0.3, -0.25) is 9.59 Å². The highest BCUT2D eigenvalue weighted by Gasteiger charge is 2.21. The van der Waals surface area contributed by atoms with Crippen molar-refractivity contribution in [1.29, 1.82) is 5.26 Å². The van der Waals surface area contributed by atoms with E-state index >= 15 is 0 Å². The number of nitrogens with one attached hydrogen (secondary N) is 1. The molecule has 2 N–H and O–H groups in total. The van der Waals surface area contributed by atoms with Crippen molar-refractivity contribution in [2.75, 3.05) is 19.6 Å². The number of ether oxygens (including phenoxy) is 1. The number of carboxylic acid groups (broad SMARTS) is 1. The fraction of sp³-hybridized carbons (Fsp3) is 0.583. The zero-order valence-corrected chi connectivity index (χ0v) is 10.9. The molecule has 7 nitrogen and oxygen atoms in total. The number of hydrogen-bond acceptors (Lipinski definition) is 5. The minimum atomic E-state index is -1.15. The zero-order chi connectivity index (χ0) is 14.4. The Hall–Kier alpha value is -2.07. The average molecular weight is 267 g/mol. The molecular formula is C12H17N3O4. The molecular weight excluding hydrogens is 250 g/mol. The predicted octanol–water partition coefficient (Wildman–Crippen LogP) is -0.296. The Morgan fingerprint density at radius 2 is 2.05 bits per heavy atom. The number of nitriles is 1. The minimum Gasteiger partial charge on any atom is -0.480 e. The fourth-order valence-electron chi connectivity index (χ4n) is 1.90. The molecule has 0 aromatic heterocycles. The highest BCUT2D eigenvalue weighted by Crippen LogP contribution is 2.12. The third kappa shape index (κ3) is 4.97. The van der Waals surface area contributed by atoms with Crippen LogP contribution in [0.1, 0.15) is 13.8 Å². The number of carboxylic acids is 1. The van der Waals surface area contributed by atoms with Gasteiger partial charge in [-0.15, -0.1) is 0 Å². The minimum absolute atomic E-state index is 0.0158. The van der Waals surface area contributed by atoms with Crippen LogP contribution in [0, 0.1) is 11.3 Å². The van der Waals surface area contributed by atoms with Crippen molar-refractivity contribution in [2.45, 2.75) is 26.1 Å². The van der Waals surface area contributed by atoms with Gasteiger partial charge in [0.25, 0.3) is 5.91 Å². The summed E-state index contributed by atoms with van der Waals surface area (Å²) in [6.45, 7) is 4.48. The lowest BCUT2D eigenvalue weighted by Gasteiger charge is -2.34. The highest BCUT2D eigenvalue weighted by molar-refractivity contribution is 5.98. The summed E-state index contributed by atoms with van der Waals surface area (Å²) < 4.78 is 5.54. The van der Waals surface area contributed by atoms with E-state index in [4.69, 9.17) is 15.1 Å². The van der Waals surface area contributed by atoms with Crippen LogP contribution in [0.3, 0.4) is 0 Å². The maximum atomic E-state index is 11.6. The lowest BCUT2D eigenvalue weighted by Crippen LogP contribution is -2.43. The van der Waals surface area contributed by atoms with E-state index in [0.717, 1.165) is 0 Å². The number of nitrogens with zero attached hydrogens (tertiary/aromatic N) is 2. The first-order chi connectivity index (χ1) is 8.92. The largest absolute Gasteiger partial charge is 0.480 e. The molecule has 7 heteroatoms. The molecule has 0 bridgehead atoms. The van der Waals surface area contributed by atoms with Gasteiger partial charge in [-0.25, -0.2) is 0 Å². The maximum absolute atomic E-state index is 11.6. The Balaban J connectivity index is 2.68. The van der Waals surface area contributed by atoms with Gasteiger partial charge in [-0.05, 0) is 13.8 Å². The smallest absolute Gasteiger partial charge is 0.322 e. The lowest BCUT2D eigenvalue weighted by molar-refractivity contribution is -0.137. The first-order valence-electron chi connectivity index (χ1n) is 5.93. The van der Waals surface area contributed by atoms with Crippen molar-refractivity contribution in [3.63, 3.8) is 0 Å². The summed E-state index contributed by atoms with van der Waals surface area (Å²) >= 11 is 0. The van der Waals surface area contributed by atoms with Crippen molar-refractivity contribution < 1.29 is 19.4 Å². The summed E-state index contributed by atoms with van der Waals surface area (Å²) in [7, 11) is 0. The van der Waals surface area contributed by atoms with Crippen LogP contribution in [0.2, 0.25) is 0 Å². The molecule has 0 aromatic carbocycles.